The first-order valence-corrected chi connectivity index (χ1v) is 17.9. The lowest BCUT2D eigenvalue weighted by Crippen LogP contribution is -2.64. The minimum Gasteiger partial charge on any atom is -0.315 e. The molecule has 8 nitrogen and oxygen atoms in total. The van der Waals surface area contributed by atoms with Crippen molar-refractivity contribution >= 4 is 56.2 Å². The average Bonchev–Trinajstić information content (AvgIpc) is 2.86. The molecular formula is C25H49Cl2IN4O4S. The lowest BCUT2D eigenvalue weighted by atomic mass is 9.87. The Labute approximate surface area is 249 Å². The number of unbranched alkanes of at least 4 members (excludes halogenated alkanes) is 5. The van der Waals surface area contributed by atoms with Gasteiger partial charge in [0, 0.05) is 49.2 Å². The highest BCUT2D eigenvalue weighted by molar-refractivity contribution is 14.1. The summed E-state index contributed by atoms with van der Waals surface area (Å²) >= 11 is 16.5. The van der Waals surface area contributed by atoms with Crippen LogP contribution < -0.4 is 10.6 Å². The first kappa shape index (κ1) is 34.2. The quantitative estimate of drug-likeness (QED) is 0.0795. The maximum atomic E-state index is 11.4. The summed E-state index contributed by atoms with van der Waals surface area (Å²) in [4.78, 5) is 5.06. The van der Waals surface area contributed by atoms with Gasteiger partial charge in [-0.2, -0.15) is 8.42 Å². The van der Waals surface area contributed by atoms with Gasteiger partial charge in [-0.25, -0.2) is 4.18 Å². The maximum absolute atomic E-state index is 11.4. The monoisotopic (exact) mass is 698 g/mol. The van der Waals surface area contributed by atoms with Crippen LogP contribution in [0.4, 0.5) is 0 Å². The minimum atomic E-state index is -4.47. The summed E-state index contributed by atoms with van der Waals surface area (Å²) < 4.78 is 38.1. The van der Waals surface area contributed by atoms with Crippen LogP contribution in [0.5, 0.6) is 0 Å². The summed E-state index contributed by atoms with van der Waals surface area (Å²) in [7, 11) is -4.47. The molecule has 2 heterocycles. The molecule has 37 heavy (non-hydrogen) atoms. The smallest absolute Gasteiger partial charge is 0.315 e. The number of alkyl halides is 3. The number of nitrogens with zero attached hydrogens (tertiary/aromatic N) is 2. The molecule has 2 fully saturated rings. The Morgan fingerprint density at radius 3 is 2.43 bits per heavy atom. The van der Waals surface area contributed by atoms with Crippen molar-refractivity contribution < 1.29 is 17.2 Å². The molecule has 12 heteroatoms. The molecule has 220 valence electrons. The molecule has 0 saturated carbocycles. The van der Waals surface area contributed by atoms with E-state index in [-0.39, 0.29) is 16.4 Å². The SMILES string of the molecule is CCCCCCCC(CCCCC1(CI)C(Cl)C(Cl)NCCN2CCCNCCN1CC2)OS(=O)(=O)O. The molecule has 6 atom stereocenters. The van der Waals surface area contributed by atoms with Crippen LogP contribution in [0.25, 0.3) is 0 Å². The van der Waals surface area contributed by atoms with E-state index < -0.39 is 16.5 Å². The van der Waals surface area contributed by atoms with E-state index in [1.165, 1.54) is 6.42 Å². The summed E-state index contributed by atoms with van der Waals surface area (Å²) in [6, 6.07) is 0. The van der Waals surface area contributed by atoms with Gasteiger partial charge in [-0.1, -0.05) is 74.5 Å². The molecule has 0 radical (unpaired) electrons. The number of rotatable bonds is 14. The van der Waals surface area contributed by atoms with Gasteiger partial charge >= 0.3 is 10.4 Å². The summed E-state index contributed by atoms with van der Waals surface area (Å²) in [5, 5.41) is 6.78. The Bertz CT molecular complexity index is 727. The lowest BCUT2D eigenvalue weighted by Gasteiger charge is -2.49. The number of hydrogen-bond donors (Lipinski definition) is 3. The van der Waals surface area contributed by atoms with Gasteiger partial charge in [-0.3, -0.25) is 14.8 Å². The number of hydrogen-bond acceptors (Lipinski definition) is 7. The van der Waals surface area contributed by atoms with Gasteiger partial charge in [0.2, 0.25) is 0 Å². The zero-order valence-electron chi connectivity index (χ0n) is 22.5. The second-order valence-corrected chi connectivity index (χ2v) is 13.3. The summed E-state index contributed by atoms with van der Waals surface area (Å²) in [6.45, 7) is 9.84. The molecule has 0 aromatic rings. The zero-order valence-corrected chi connectivity index (χ0v) is 27.0. The van der Waals surface area contributed by atoms with Crippen molar-refractivity contribution in [2.24, 2.45) is 0 Å². The van der Waals surface area contributed by atoms with Crippen LogP contribution in [0.1, 0.15) is 77.6 Å². The summed E-state index contributed by atoms with van der Waals surface area (Å²) in [5.41, 5.74) is -0.626. The highest BCUT2D eigenvalue weighted by atomic mass is 127. The third kappa shape index (κ3) is 12.6. The molecule has 6 unspecified atom stereocenters. The van der Waals surface area contributed by atoms with Gasteiger partial charge in [0.1, 0.15) is 5.50 Å². The van der Waals surface area contributed by atoms with Crippen LogP contribution in [0.2, 0.25) is 0 Å². The Kier molecular flexibility index (Phi) is 17.1. The first-order valence-electron chi connectivity index (χ1n) is 14.1. The maximum Gasteiger partial charge on any atom is 0.397 e. The molecular weight excluding hydrogens is 650 g/mol. The fourth-order valence-electron chi connectivity index (χ4n) is 5.54. The number of fused-ring (bicyclic) bond motifs is 3. The van der Waals surface area contributed by atoms with Crippen molar-refractivity contribution in [3.05, 3.63) is 0 Å². The van der Waals surface area contributed by atoms with Crippen molar-refractivity contribution in [2.45, 2.75) is 100 Å². The van der Waals surface area contributed by atoms with Crippen LogP contribution in [0, 0.1) is 0 Å². The van der Waals surface area contributed by atoms with Crippen molar-refractivity contribution in [1.29, 1.82) is 0 Å². The van der Waals surface area contributed by atoms with E-state index >= 15 is 0 Å². The molecule has 2 rings (SSSR count). The van der Waals surface area contributed by atoms with Crippen molar-refractivity contribution in [3.63, 3.8) is 0 Å². The van der Waals surface area contributed by atoms with Crippen LogP contribution in [-0.2, 0) is 14.6 Å². The molecule has 2 saturated heterocycles. The normalized spacial score (nSPS) is 31.2. The fraction of sp³-hybridized carbons (Fsp3) is 1.00. The van der Waals surface area contributed by atoms with Gasteiger partial charge < -0.3 is 10.2 Å². The molecule has 3 N–H and O–H groups in total. The van der Waals surface area contributed by atoms with Crippen LogP contribution >= 0.6 is 45.8 Å². The van der Waals surface area contributed by atoms with E-state index in [4.69, 9.17) is 27.4 Å². The number of nitrogens with one attached hydrogen (secondary N) is 2. The van der Waals surface area contributed by atoms with E-state index in [1.807, 2.05) is 0 Å². The Hall–Kier alpha value is 1.02. The van der Waals surface area contributed by atoms with Crippen LogP contribution in [-0.4, -0.2) is 102 Å². The van der Waals surface area contributed by atoms with Gasteiger partial charge in [-0.05, 0) is 38.8 Å². The van der Waals surface area contributed by atoms with Crippen molar-refractivity contribution in [2.75, 3.05) is 56.8 Å². The highest BCUT2D eigenvalue weighted by Crippen LogP contribution is 2.36. The molecule has 0 spiro atoms. The van der Waals surface area contributed by atoms with E-state index in [9.17, 15) is 13.0 Å². The molecule has 2 aliphatic heterocycles. The largest absolute Gasteiger partial charge is 0.397 e. The summed E-state index contributed by atoms with van der Waals surface area (Å²) in [5.74, 6) is 0. The molecule has 0 aliphatic carbocycles. The second-order valence-electron chi connectivity index (χ2n) is 10.5. The van der Waals surface area contributed by atoms with E-state index in [1.54, 1.807) is 0 Å². The number of halogens is 3. The highest BCUT2D eigenvalue weighted by Gasteiger charge is 2.45. The zero-order chi connectivity index (χ0) is 27.2. The predicted molar refractivity (Wildman–Crippen MR) is 163 cm³/mol. The Morgan fingerprint density at radius 2 is 1.73 bits per heavy atom. The molecule has 2 bridgehead atoms. The third-order valence-electron chi connectivity index (χ3n) is 7.74. The van der Waals surface area contributed by atoms with Gasteiger partial charge in [0.05, 0.1) is 11.5 Å². The van der Waals surface area contributed by atoms with Crippen molar-refractivity contribution in [3.8, 4) is 0 Å². The lowest BCUT2D eigenvalue weighted by molar-refractivity contribution is 0.0669. The average molecular weight is 700 g/mol. The van der Waals surface area contributed by atoms with Gasteiger partial charge in [-0.15, -0.1) is 23.2 Å². The second kappa shape index (κ2) is 18.5. The third-order valence-corrected chi connectivity index (χ3v) is 10.8. The van der Waals surface area contributed by atoms with Crippen LogP contribution in [0.3, 0.4) is 0 Å². The molecule has 2 aliphatic rings. The Morgan fingerprint density at radius 1 is 1.00 bits per heavy atom. The van der Waals surface area contributed by atoms with Crippen LogP contribution in [0.15, 0.2) is 0 Å². The summed E-state index contributed by atoms with van der Waals surface area (Å²) in [6.07, 6.45) is 9.87. The van der Waals surface area contributed by atoms with E-state index in [2.05, 4.69) is 49.9 Å². The molecule has 0 amide bonds. The fourth-order valence-corrected chi connectivity index (χ4v) is 8.44. The van der Waals surface area contributed by atoms with Gasteiger partial charge in [0.15, 0.2) is 0 Å². The molecule has 0 aromatic heterocycles. The Balaban J connectivity index is 2.07. The predicted octanol–water partition coefficient (Wildman–Crippen LogP) is 4.64. The van der Waals surface area contributed by atoms with E-state index in [0.717, 1.165) is 108 Å². The standard InChI is InChI=1S/C25H49Cl2IN4O4S/c1-2-3-4-5-6-10-22(36-37(33,34)35)11-7-8-12-25(21-28)23(26)24(27)30-15-17-31-16-9-13-29-14-18-32(25)20-19-31/h22-24,29-30H,2-21H2,1H3,(H,33,34,35). The topological polar surface area (TPSA) is 94.1 Å². The first-order chi connectivity index (χ1) is 17.7. The van der Waals surface area contributed by atoms with Crippen molar-refractivity contribution in [1.82, 2.24) is 20.4 Å². The van der Waals surface area contributed by atoms with E-state index in [0.29, 0.717) is 12.8 Å². The van der Waals surface area contributed by atoms with Gasteiger partial charge in [0.25, 0.3) is 0 Å². The molecule has 0 aromatic carbocycles. The minimum absolute atomic E-state index is 0.274.